The molecule has 0 aliphatic heterocycles. The molecule has 1 aromatic heterocycles. The van der Waals surface area contributed by atoms with Gasteiger partial charge in [0.05, 0.1) is 5.56 Å². The zero-order valence-corrected chi connectivity index (χ0v) is 6.87. The maximum atomic E-state index is 11.1. The predicted molar refractivity (Wildman–Crippen MR) is 44.8 cm³/mol. The maximum Gasteiger partial charge on any atom is 0.519 e. The highest BCUT2D eigenvalue weighted by Gasteiger charge is 2.11. The fourth-order valence-electron chi connectivity index (χ4n) is 1.17. The molecule has 0 N–H and O–H groups in total. The molecule has 0 radical (unpaired) electrons. The lowest BCUT2D eigenvalue weighted by Gasteiger charge is -1.92. The van der Waals surface area contributed by atoms with Gasteiger partial charge in [0, 0.05) is 0 Å². The molecule has 0 saturated carbocycles. The highest BCUT2D eigenvalue weighted by molar-refractivity contribution is 6.03. The summed E-state index contributed by atoms with van der Waals surface area (Å²) in [6.45, 7) is 1.40. The van der Waals surface area contributed by atoms with E-state index in [1.165, 1.54) is 6.92 Å². The van der Waals surface area contributed by atoms with E-state index in [1.807, 2.05) is 0 Å². The fraction of sp³-hybridized carbons (Fsp3) is 0.111. The van der Waals surface area contributed by atoms with Gasteiger partial charge in [-0.05, 0) is 19.1 Å². The van der Waals surface area contributed by atoms with Gasteiger partial charge in [-0.15, -0.1) is 0 Å². The number of rotatable bonds is 1. The van der Waals surface area contributed by atoms with Crippen LogP contribution in [0.1, 0.15) is 17.3 Å². The normalized spacial score (nSPS) is 10.5. The average molecular weight is 178 g/mol. The smallest absolute Gasteiger partial charge is 0.391 e. The third-order valence-corrected chi connectivity index (χ3v) is 1.74. The lowest BCUT2D eigenvalue weighted by molar-refractivity contribution is 0.101. The molecule has 0 amide bonds. The van der Waals surface area contributed by atoms with Crippen molar-refractivity contribution in [2.75, 3.05) is 0 Å². The molecule has 2 aromatic rings. The number of carbonyl (C=O) groups is 1. The number of ketones is 1. The van der Waals surface area contributed by atoms with Crippen LogP contribution in [-0.2, 0) is 0 Å². The SMILES string of the molecule is CC(=O)c1cccc2oc(=O)oc12. The van der Waals surface area contributed by atoms with Crippen LogP contribution in [0.2, 0.25) is 0 Å². The first-order valence-corrected chi connectivity index (χ1v) is 3.72. The highest BCUT2D eigenvalue weighted by Crippen LogP contribution is 2.17. The second-order valence-electron chi connectivity index (χ2n) is 2.64. The Morgan fingerprint density at radius 3 is 2.77 bits per heavy atom. The number of Topliss-reactive ketones (excluding diaryl/α,β-unsaturated/α-hetero) is 1. The second-order valence-corrected chi connectivity index (χ2v) is 2.64. The molecule has 0 fully saturated rings. The van der Waals surface area contributed by atoms with Gasteiger partial charge in [-0.2, -0.15) is 0 Å². The van der Waals surface area contributed by atoms with Crippen LogP contribution >= 0.6 is 0 Å². The largest absolute Gasteiger partial charge is 0.519 e. The summed E-state index contributed by atoms with van der Waals surface area (Å²) in [5.74, 6) is -0.946. The van der Waals surface area contributed by atoms with Gasteiger partial charge < -0.3 is 8.83 Å². The van der Waals surface area contributed by atoms with E-state index in [-0.39, 0.29) is 11.4 Å². The molecule has 0 aliphatic carbocycles. The van der Waals surface area contributed by atoms with Gasteiger partial charge in [0.2, 0.25) is 0 Å². The van der Waals surface area contributed by atoms with Gasteiger partial charge in [0.15, 0.2) is 16.9 Å². The standard InChI is InChI=1S/C9H6O4/c1-5(10)6-3-2-4-7-8(6)13-9(11)12-7/h2-4H,1H3. The Bertz CT molecular complexity index is 518. The Kier molecular flexibility index (Phi) is 1.55. The Morgan fingerprint density at radius 2 is 2.08 bits per heavy atom. The molecule has 2 rings (SSSR count). The molecule has 13 heavy (non-hydrogen) atoms. The monoisotopic (exact) mass is 178 g/mol. The summed E-state index contributed by atoms with van der Waals surface area (Å²) in [6, 6.07) is 4.80. The van der Waals surface area contributed by atoms with E-state index in [9.17, 15) is 9.59 Å². The van der Waals surface area contributed by atoms with Crippen LogP contribution < -0.4 is 5.82 Å². The summed E-state index contributed by atoms with van der Waals surface area (Å²) < 4.78 is 9.40. The molecule has 1 heterocycles. The van der Waals surface area contributed by atoms with Crippen LogP contribution in [0.25, 0.3) is 11.2 Å². The lowest BCUT2D eigenvalue weighted by atomic mass is 10.1. The van der Waals surface area contributed by atoms with Crippen molar-refractivity contribution in [3.63, 3.8) is 0 Å². The minimum Gasteiger partial charge on any atom is -0.391 e. The molecule has 66 valence electrons. The van der Waals surface area contributed by atoms with Crippen LogP contribution in [0.3, 0.4) is 0 Å². The van der Waals surface area contributed by atoms with Gasteiger partial charge in [0.25, 0.3) is 0 Å². The lowest BCUT2D eigenvalue weighted by Crippen LogP contribution is -1.91. The molecule has 4 heteroatoms. The van der Waals surface area contributed by atoms with Crippen LogP contribution in [-0.4, -0.2) is 5.78 Å². The van der Waals surface area contributed by atoms with Crippen molar-refractivity contribution in [1.82, 2.24) is 0 Å². The third kappa shape index (κ3) is 1.16. The van der Waals surface area contributed by atoms with Crippen molar-refractivity contribution in [2.24, 2.45) is 0 Å². The first kappa shape index (κ1) is 7.79. The van der Waals surface area contributed by atoms with Crippen molar-refractivity contribution in [3.05, 3.63) is 34.4 Å². The predicted octanol–water partition coefficient (Wildman–Crippen LogP) is 1.59. The zero-order chi connectivity index (χ0) is 9.42. The summed E-state index contributed by atoms with van der Waals surface area (Å²) in [7, 11) is 0. The van der Waals surface area contributed by atoms with E-state index in [0.717, 1.165) is 0 Å². The first-order valence-electron chi connectivity index (χ1n) is 3.72. The fourth-order valence-corrected chi connectivity index (χ4v) is 1.17. The number of hydrogen-bond donors (Lipinski definition) is 0. The molecule has 0 saturated heterocycles. The molecule has 0 spiro atoms. The van der Waals surface area contributed by atoms with Crippen molar-refractivity contribution < 1.29 is 13.6 Å². The van der Waals surface area contributed by atoms with Crippen molar-refractivity contribution in [1.29, 1.82) is 0 Å². The third-order valence-electron chi connectivity index (χ3n) is 1.74. The minimum absolute atomic E-state index is 0.157. The molecule has 0 atom stereocenters. The minimum atomic E-state index is -0.788. The Morgan fingerprint density at radius 1 is 1.31 bits per heavy atom. The molecule has 1 aromatic carbocycles. The zero-order valence-electron chi connectivity index (χ0n) is 6.87. The van der Waals surface area contributed by atoms with Crippen LogP contribution in [0.15, 0.2) is 31.8 Å². The number of para-hydroxylation sites is 1. The van der Waals surface area contributed by atoms with Gasteiger partial charge in [-0.25, -0.2) is 4.79 Å². The summed E-state index contributed by atoms with van der Waals surface area (Å²) >= 11 is 0. The highest BCUT2D eigenvalue weighted by atomic mass is 16.6. The Hall–Kier alpha value is -1.84. The maximum absolute atomic E-state index is 11.1. The van der Waals surface area contributed by atoms with E-state index in [0.29, 0.717) is 11.1 Å². The van der Waals surface area contributed by atoms with Crippen LogP contribution in [0.4, 0.5) is 0 Å². The summed E-state index contributed by atoms with van der Waals surface area (Å²) in [5, 5.41) is 0. The van der Waals surface area contributed by atoms with E-state index in [4.69, 9.17) is 4.42 Å². The van der Waals surface area contributed by atoms with Crippen molar-refractivity contribution in [2.45, 2.75) is 6.92 Å². The summed E-state index contributed by atoms with van der Waals surface area (Å²) in [5.41, 5.74) is 0.890. The van der Waals surface area contributed by atoms with Crippen LogP contribution in [0, 0.1) is 0 Å². The molecule has 0 bridgehead atoms. The van der Waals surface area contributed by atoms with Gasteiger partial charge in [-0.1, -0.05) is 6.07 Å². The van der Waals surface area contributed by atoms with E-state index < -0.39 is 5.82 Å². The molecule has 4 nitrogen and oxygen atoms in total. The molecular formula is C9H6O4. The van der Waals surface area contributed by atoms with Gasteiger partial charge in [0.1, 0.15) is 0 Å². The van der Waals surface area contributed by atoms with Gasteiger partial charge in [-0.3, -0.25) is 4.79 Å². The molecular weight excluding hydrogens is 172 g/mol. The summed E-state index contributed by atoms with van der Waals surface area (Å²) in [6.07, 6.45) is 0. The van der Waals surface area contributed by atoms with Crippen LogP contribution in [0.5, 0.6) is 0 Å². The first-order chi connectivity index (χ1) is 6.18. The quantitative estimate of drug-likeness (QED) is 0.622. The average Bonchev–Trinajstić information content (AvgIpc) is 2.43. The number of hydrogen-bond acceptors (Lipinski definition) is 4. The molecule has 0 unspecified atom stereocenters. The Labute approximate surface area is 72.8 Å². The van der Waals surface area contributed by atoms with E-state index in [1.54, 1.807) is 18.2 Å². The van der Waals surface area contributed by atoms with E-state index >= 15 is 0 Å². The van der Waals surface area contributed by atoms with Crippen molar-refractivity contribution >= 4 is 16.9 Å². The van der Waals surface area contributed by atoms with Crippen molar-refractivity contribution in [3.8, 4) is 0 Å². The number of fused-ring (bicyclic) bond motifs is 1. The Balaban J connectivity index is 2.90. The second kappa shape index (κ2) is 2.58. The molecule has 0 aliphatic rings. The van der Waals surface area contributed by atoms with Gasteiger partial charge >= 0.3 is 5.82 Å². The number of benzene rings is 1. The summed E-state index contributed by atoms with van der Waals surface area (Å²) in [4.78, 5) is 21.8. The number of carbonyl (C=O) groups excluding carboxylic acids is 1. The topological polar surface area (TPSA) is 60.4 Å². The van der Waals surface area contributed by atoms with E-state index in [2.05, 4.69) is 4.42 Å².